The molecule has 17 heavy (non-hydrogen) atoms. The maximum absolute atomic E-state index is 4.33. The normalized spacial score (nSPS) is 13.2. The van der Waals surface area contributed by atoms with Crippen molar-refractivity contribution in [3.8, 4) is 0 Å². The molecule has 1 heterocycles. The molecule has 1 N–H and O–H groups in total. The molecule has 0 aliphatic carbocycles. The average Bonchev–Trinajstić information content (AvgIpc) is 2.74. The lowest BCUT2D eigenvalue weighted by Gasteiger charge is -2.18. The van der Waals surface area contributed by atoms with Gasteiger partial charge in [-0.2, -0.15) is 5.10 Å². The third-order valence-electron chi connectivity index (χ3n) is 3.08. The number of aryl methyl sites for hydroxylation is 1. The first kappa shape index (κ1) is 14.2. The summed E-state index contributed by atoms with van der Waals surface area (Å²) in [6.45, 7) is 10.9. The molecule has 1 aromatic rings. The fraction of sp³-hybridized carbons (Fsp3) is 0.786. The van der Waals surface area contributed by atoms with Gasteiger partial charge in [0, 0.05) is 18.8 Å². The van der Waals surface area contributed by atoms with Crippen molar-refractivity contribution in [1.82, 2.24) is 15.1 Å². The highest BCUT2D eigenvalue weighted by atomic mass is 15.3. The molecule has 1 unspecified atom stereocenters. The number of nitrogens with one attached hydrogen (secondary N) is 1. The van der Waals surface area contributed by atoms with Crippen LogP contribution in [-0.4, -0.2) is 22.4 Å². The molecule has 1 aromatic heterocycles. The van der Waals surface area contributed by atoms with Crippen molar-refractivity contribution in [2.24, 2.45) is 5.92 Å². The van der Waals surface area contributed by atoms with Crippen LogP contribution in [0.15, 0.2) is 12.4 Å². The Labute approximate surface area is 106 Å². The molecular weight excluding hydrogens is 210 g/mol. The van der Waals surface area contributed by atoms with E-state index >= 15 is 0 Å². The van der Waals surface area contributed by atoms with E-state index in [1.165, 1.54) is 18.4 Å². The van der Waals surface area contributed by atoms with Gasteiger partial charge in [0.15, 0.2) is 0 Å². The molecule has 0 aromatic carbocycles. The van der Waals surface area contributed by atoms with E-state index in [1.54, 1.807) is 0 Å². The van der Waals surface area contributed by atoms with Crippen molar-refractivity contribution in [3.05, 3.63) is 18.0 Å². The molecule has 98 valence electrons. The molecule has 0 bridgehead atoms. The number of hydrogen-bond donors (Lipinski definition) is 1. The minimum Gasteiger partial charge on any atom is -0.314 e. The van der Waals surface area contributed by atoms with Gasteiger partial charge in [0.25, 0.3) is 0 Å². The lowest BCUT2D eigenvalue weighted by Crippen LogP contribution is -2.31. The first-order valence-electron chi connectivity index (χ1n) is 6.90. The summed E-state index contributed by atoms with van der Waals surface area (Å²) in [5.41, 5.74) is 1.35. The molecule has 3 nitrogen and oxygen atoms in total. The van der Waals surface area contributed by atoms with E-state index in [4.69, 9.17) is 0 Å². The van der Waals surface area contributed by atoms with Crippen LogP contribution in [0.2, 0.25) is 0 Å². The van der Waals surface area contributed by atoms with Gasteiger partial charge in [0.2, 0.25) is 0 Å². The molecule has 0 amide bonds. The number of nitrogens with zero attached hydrogens (tertiary/aromatic N) is 2. The summed E-state index contributed by atoms with van der Waals surface area (Å²) in [7, 11) is 0. The lowest BCUT2D eigenvalue weighted by atomic mass is 9.99. The molecular formula is C14H27N3. The van der Waals surface area contributed by atoms with Gasteiger partial charge in [0.05, 0.1) is 6.20 Å². The summed E-state index contributed by atoms with van der Waals surface area (Å²) in [5.74, 6) is 0.787. The monoisotopic (exact) mass is 237 g/mol. The van der Waals surface area contributed by atoms with Crippen LogP contribution in [0.3, 0.4) is 0 Å². The van der Waals surface area contributed by atoms with E-state index in [-0.39, 0.29) is 0 Å². The number of likely N-dealkylation sites (N-methyl/N-ethyl adjacent to an activating group) is 1. The van der Waals surface area contributed by atoms with Crippen LogP contribution >= 0.6 is 0 Å². The van der Waals surface area contributed by atoms with E-state index in [0.29, 0.717) is 6.04 Å². The van der Waals surface area contributed by atoms with Gasteiger partial charge in [-0.05, 0) is 44.2 Å². The zero-order chi connectivity index (χ0) is 12.7. The van der Waals surface area contributed by atoms with Gasteiger partial charge in [-0.1, -0.05) is 20.8 Å². The lowest BCUT2D eigenvalue weighted by molar-refractivity contribution is 0.434. The molecule has 3 heteroatoms. The van der Waals surface area contributed by atoms with Crippen molar-refractivity contribution in [1.29, 1.82) is 0 Å². The molecule has 0 aliphatic heterocycles. The number of hydrogen-bond acceptors (Lipinski definition) is 2. The summed E-state index contributed by atoms with van der Waals surface area (Å²) in [6.07, 6.45) is 7.81. The molecule has 0 saturated carbocycles. The Morgan fingerprint density at radius 3 is 2.59 bits per heavy atom. The predicted octanol–water partition coefficient (Wildman–Crippen LogP) is 2.86. The van der Waals surface area contributed by atoms with Gasteiger partial charge in [-0.15, -0.1) is 0 Å². The Morgan fingerprint density at radius 2 is 2.06 bits per heavy atom. The zero-order valence-corrected chi connectivity index (χ0v) is 11.7. The van der Waals surface area contributed by atoms with Gasteiger partial charge < -0.3 is 5.32 Å². The van der Waals surface area contributed by atoms with Crippen molar-refractivity contribution in [2.45, 2.75) is 59.5 Å². The van der Waals surface area contributed by atoms with Gasteiger partial charge in [-0.25, -0.2) is 0 Å². The minimum atomic E-state index is 0.594. The fourth-order valence-corrected chi connectivity index (χ4v) is 2.07. The minimum absolute atomic E-state index is 0.594. The zero-order valence-electron chi connectivity index (χ0n) is 11.7. The van der Waals surface area contributed by atoms with Gasteiger partial charge in [0.1, 0.15) is 0 Å². The summed E-state index contributed by atoms with van der Waals surface area (Å²) < 4.78 is 2.00. The van der Waals surface area contributed by atoms with E-state index in [0.717, 1.165) is 25.4 Å². The SMILES string of the molecule is CCNC(CCC(C)C)Cc1cnn(CC)c1. The molecule has 0 spiro atoms. The second-order valence-corrected chi connectivity index (χ2v) is 5.13. The van der Waals surface area contributed by atoms with E-state index in [9.17, 15) is 0 Å². The quantitative estimate of drug-likeness (QED) is 0.753. The largest absolute Gasteiger partial charge is 0.314 e. The highest BCUT2D eigenvalue weighted by Crippen LogP contribution is 2.11. The topological polar surface area (TPSA) is 29.9 Å². The van der Waals surface area contributed by atoms with Crippen molar-refractivity contribution in [3.63, 3.8) is 0 Å². The van der Waals surface area contributed by atoms with Crippen molar-refractivity contribution in [2.75, 3.05) is 6.54 Å². The van der Waals surface area contributed by atoms with E-state index in [2.05, 4.69) is 44.3 Å². The molecule has 1 atom stereocenters. The average molecular weight is 237 g/mol. The standard InChI is InChI=1S/C14H27N3/c1-5-15-14(8-7-12(3)4)9-13-10-16-17(6-2)11-13/h10-12,14-15H,5-9H2,1-4H3. The van der Waals surface area contributed by atoms with Gasteiger partial charge >= 0.3 is 0 Å². The Kier molecular flexibility index (Phi) is 6.27. The first-order chi connectivity index (χ1) is 8.15. The van der Waals surface area contributed by atoms with Gasteiger partial charge in [-0.3, -0.25) is 4.68 Å². The van der Waals surface area contributed by atoms with E-state index in [1.807, 2.05) is 10.9 Å². The van der Waals surface area contributed by atoms with Crippen LogP contribution in [0.4, 0.5) is 0 Å². The highest BCUT2D eigenvalue weighted by molar-refractivity contribution is 5.06. The predicted molar refractivity (Wildman–Crippen MR) is 73.1 cm³/mol. The van der Waals surface area contributed by atoms with E-state index < -0.39 is 0 Å². The van der Waals surface area contributed by atoms with Crippen LogP contribution in [0, 0.1) is 5.92 Å². The first-order valence-corrected chi connectivity index (χ1v) is 6.90. The summed E-state index contributed by atoms with van der Waals surface area (Å²) >= 11 is 0. The number of rotatable bonds is 8. The molecule has 0 saturated heterocycles. The van der Waals surface area contributed by atoms with Crippen molar-refractivity contribution < 1.29 is 0 Å². The third kappa shape index (κ3) is 5.35. The summed E-state index contributed by atoms with van der Waals surface area (Å²) in [4.78, 5) is 0. The Hall–Kier alpha value is -0.830. The van der Waals surface area contributed by atoms with Crippen LogP contribution in [0.25, 0.3) is 0 Å². The summed E-state index contributed by atoms with van der Waals surface area (Å²) in [6, 6.07) is 0.594. The maximum atomic E-state index is 4.33. The Morgan fingerprint density at radius 1 is 1.29 bits per heavy atom. The second-order valence-electron chi connectivity index (χ2n) is 5.13. The van der Waals surface area contributed by atoms with Crippen LogP contribution in [0.1, 0.15) is 46.1 Å². The maximum Gasteiger partial charge on any atom is 0.0522 e. The smallest absolute Gasteiger partial charge is 0.0522 e. The second kappa shape index (κ2) is 7.49. The Balaban J connectivity index is 2.47. The van der Waals surface area contributed by atoms with Crippen LogP contribution in [-0.2, 0) is 13.0 Å². The van der Waals surface area contributed by atoms with Crippen LogP contribution in [0.5, 0.6) is 0 Å². The molecule has 1 rings (SSSR count). The Bertz CT molecular complexity index is 304. The van der Waals surface area contributed by atoms with Crippen LogP contribution < -0.4 is 5.32 Å². The summed E-state index contributed by atoms with van der Waals surface area (Å²) in [5, 5.41) is 7.91. The fourth-order valence-electron chi connectivity index (χ4n) is 2.07. The molecule has 0 fully saturated rings. The highest BCUT2D eigenvalue weighted by Gasteiger charge is 2.10. The number of aromatic nitrogens is 2. The molecule has 0 radical (unpaired) electrons. The third-order valence-corrected chi connectivity index (χ3v) is 3.08. The van der Waals surface area contributed by atoms with Crippen molar-refractivity contribution >= 4 is 0 Å². The molecule has 0 aliphatic rings.